The first-order valence-electron chi connectivity index (χ1n) is 9.12. The molecule has 3 rings (SSSR count). The number of carbonyl (C=O) groups is 2. The Morgan fingerprint density at radius 2 is 1.52 bits per heavy atom. The predicted molar refractivity (Wildman–Crippen MR) is 87.2 cm³/mol. The number of carboxylic acid groups (broad SMARTS) is 1. The molecule has 1 saturated carbocycles. The number of amides is 1. The smallest absolute Gasteiger partial charge is 0.321 e. The lowest BCUT2D eigenvalue weighted by Crippen LogP contribution is -2.55. The van der Waals surface area contributed by atoms with Gasteiger partial charge < -0.3 is 10.0 Å². The van der Waals surface area contributed by atoms with E-state index in [1.165, 1.54) is 12.8 Å². The van der Waals surface area contributed by atoms with Gasteiger partial charge in [0.1, 0.15) is 6.04 Å². The number of hydrogen-bond acceptors (Lipinski definition) is 4. The molecular weight excluding hydrogens is 294 g/mol. The summed E-state index contributed by atoms with van der Waals surface area (Å²) < 4.78 is 0. The summed E-state index contributed by atoms with van der Waals surface area (Å²) in [6, 6.07) is -0.307. The van der Waals surface area contributed by atoms with Crippen LogP contribution < -0.4 is 0 Å². The summed E-state index contributed by atoms with van der Waals surface area (Å²) >= 11 is 0. The molecular formula is C17H29N3O3. The van der Waals surface area contributed by atoms with Crippen LogP contribution >= 0.6 is 0 Å². The number of hydrogen-bond donors (Lipinski definition) is 1. The van der Waals surface area contributed by atoms with E-state index in [9.17, 15) is 14.7 Å². The van der Waals surface area contributed by atoms with Gasteiger partial charge in [-0.15, -0.1) is 0 Å². The van der Waals surface area contributed by atoms with Gasteiger partial charge in [-0.1, -0.05) is 12.8 Å². The minimum absolute atomic E-state index is 0.248. The van der Waals surface area contributed by atoms with Gasteiger partial charge in [0, 0.05) is 39.3 Å². The Hall–Kier alpha value is -1.14. The fraction of sp³-hybridized carbons (Fsp3) is 0.882. The van der Waals surface area contributed by atoms with Gasteiger partial charge in [0.25, 0.3) is 0 Å². The molecule has 2 aliphatic heterocycles. The van der Waals surface area contributed by atoms with Crippen molar-refractivity contribution in [3.8, 4) is 0 Å². The standard InChI is InChI=1S/C17H29N3O3/c21-15(19-7-3-1-2-4-8-19)13-18-9-11-20(12-10-18)16(17(22)23)14-5-6-14/h14,16H,1-13H2,(H,22,23). The van der Waals surface area contributed by atoms with Gasteiger partial charge in [-0.25, -0.2) is 0 Å². The Labute approximate surface area is 138 Å². The molecule has 0 aromatic rings. The lowest BCUT2D eigenvalue weighted by atomic mass is 10.1. The van der Waals surface area contributed by atoms with Crippen molar-refractivity contribution in [3.63, 3.8) is 0 Å². The average molecular weight is 323 g/mol. The van der Waals surface area contributed by atoms with Crippen molar-refractivity contribution < 1.29 is 14.7 Å². The van der Waals surface area contributed by atoms with E-state index in [4.69, 9.17) is 0 Å². The summed E-state index contributed by atoms with van der Waals surface area (Å²) in [5, 5.41) is 9.43. The normalized spacial score (nSPS) is 25.8. The molecule has 6 nitrogen and oxygen atoms in total. The highest BCUT2D eigenvalue weighted by atomic mass is 16.4. The maximum Gasteiger partial charge on any atom is 0.321 e. The topological polar surface area (TPSA) is 64.1 Å². The maximum absolute atomic E-state index is 12.4. The minimum atomic E-state index is -0.679. The highest BCUT2D eigenvalue weighted by Crippen LogP contribution is 2.35. The van der Waals surface area contributed by atoms with Crippen molar-refractivity contribution in [2.24, 2.45) is 5.92 Å². The number of carboxylic acids is 1. The van der Waals surface area contributed by atoms with Crippen LogP contribution in [0.2, 0.25) is 0 Å². The molecule has 1 atom stereocenters. The lowest BCUT2D eigenvalue weighted by Gasteiger charge is -2.38. The zero-order valence-corrected chi connectivity index (χ0v) is 14.0. The molecule has 3 fully saturated rings. The van der Waals surface area contributed by atoms with Crippen LogP contribution in [-0.2, 0) is 9.59 Å². The van der Waals surface area contributed by atoms with E-state index >= 15 is 0 Å². The van der Waals surface area contributed by atoms with Crippen LogP contribution in [0.1, 0.15) is 38.5 Å². The maximum atomic E-state index is 12.4. The zero-order chi connectivity index (χ0) is 16.2. The number of nitrogens with zero attached hydrogens (tertiary/aromatic N) is 3. The van der Waals surface area contributed by atoms with Gasteiger partial charge in [0.2, 0.25) is 5.91 Å². The third-order valence-electron chi connectivity index (χ3n) is 5.44. The molecule has 1 N–H and O–H groups in total. The molecule has 0 aromatic carbocycles. The molecule has 0 aromatic heterocycles. The second kappa shape index (κ2) is 7.62. The Morgan fingerprint density at radius 1 is 0.913 bits per heavy atom. The Kier molecular flexibility index (Phi) is 5.54. The second-order valence-electron chi connectivity index (χ2n) is 7.23. The fourth-order valence-corrected chi connectivity index (χ4v) is 3.88. The van der Waals surface area contributed by atoms with Crippen molar-refractivity contribution in [3.05, 3.63) is 0 Å². The molecule has 0 radical (unpaired) electrons. The van der Waals surface area contributed by atoms with Crippen LogP contribution in [-0.4, -0.2) is 83.5 Å². The molecule has 3 aliphatic rings. The second-order valence-corrected chi connectivity index (χ2v) is 7.23. The summed E-state index contributed by atoms with van der Waals surface area (Å²) in [5.74, 6) is -0.0864. The zero-order valence-electron chi connectivity index (χ0n) is 14.0. The van der Waals surface area contributed by atoms with Gasteiger partial charge in [-0.05, 0) is 31.6 Å². The summed E-state index contributed by atoms with van der Waals surface area (Å²) in [6.45, 7) is 5.44. The molecule has 0 bridgehead atoms. The highest BCUT2D eigenvalue weighted by molar-refractivity contribution is 5.78. The van der Waals surface area contributed by atoms with Crippen LogP contribution in [0, 0.1) is 5.92 Å². The molecule has 2 saturated heterocycles. The molecule has 23 heavy (non-hydrogen) atoms. The van der Waals surface area contributed by atoms with Gasteiger partial charge in [-0.3, -0.25) is 19.4 Å². The lowest BCUT2D eigenvalue weighted by molar-refractivity contribution is -0.145. The van der Waals surface area contributed by atoms with E-state index < -0.39 is 5.97 Å². The van der Waals surface area contributed by atoms with Crippen LogP contribution in [0.3, 0.4) is 0 Å². The first-order valence-corrected chi connectivity index (χ1v) is 9.12. The largest absolute Gasteiger partial charge is 0.480 e. The third-order valence-corrected chi connectivity index (χ3v) is 5.44. The minimum Gasteiger partial charge on any atom is -0.480 e. The van der Waals surface area contributed by atoms with Crippen molar-refractivity contribution in [2.75, 3.05) is 45.8 Å². The number of aliphatic carboxylic acids is 1. The van der Waals surface area contributed by atoms with Gasteiger partial charge in [0.05, 0.1) is 6.54 Å². The van der Waals surface area contributed by atoms with Crippen LogP contribution in [0.4, 0.5) is 0 Å². The highest BCUT2D eigenvalue weighted by Gasteiger charge is 2.41. The van der Waals surface area contributed by atoms with Gasteiger partial charge >= 0.3 is 5.97 Å². The quantitative estimate of drug-likeness (QED) is 0.813. The number of piperazine rings is 1. The molecule has 1 amide bonds. The summed E-state index contributed by atoms with van der Waals surface area (Å²) in [4.78, 5) is 30.2. The van der Waals surface area contributed by atoms with E-state index in [2.05, 4.69) is 9.80 Å². The van der Waals surface area contributed by atoms with Crippen molar-refractivity contribution in [1.82, 2.24) is 14.7 Å². The molecule has 1 aliphatic carbocycles. The number of carbonyl (C=O) groups excluding carboxylic acids is 1. The van der Waals surface area contributed by atoms with Crippen molar-refractivity contribution in [1.29, 1.82) is 0 Å². The molecule has 0 spiro atoms. The Morgan fingerprint density at radius 3 is 2.04 bits per heavy atom. The monoisotopic (exact) mass is 323 g/mol. The van der Waals surface area contributed by atoms with Crippen LogP contribution in [0.25, 0.3) is 0 Å². The van der Waals surface area contributed by atoms with E-state index in [0.29, 0.717) is 12.5 Å². The Balaban J connectivity index is 1.45. The fourth-order valence-electron chi connectivity index (χ4n) is 3.88. The molecule has 2 heterocycles. The van der Waals surface area contributed by atoms with Crippen molar-refractivity contribution in [2.45, 2.75) is 44.6 Å². The third kappa shape index (κ3) is 4.44. The summed E-state index contributed by atoms with van der Waals surface area (Å²) in [6.07, 6.45) is 6.82. The first kappa shape index (κ1) is 16.7. The summed E-state index contributed by atoms with van der Waals surface area (Å²) in [5.41, 5.74) is 0. The van der Waals surface area contributed by atoms with Gasteiger partial charge in [-0.2, -0.15) is 0 Å². The van der Waals surface area contributed by atoms with E-state index in [1.54, 1.807) is 0 Å². The van der Waals surface area contributed by atoms with Crippen LogP contribution in [0.5, 0.6) is 0 Å². The predicted octanol–water partition coefficient (Wildman–Crippen LogP) is 0.870. The molecule has 1 unspecified atom stereocenters. The summed E-state index contributed by atoms with van der Waals surface area (Å²) in [7, 11) is 0. The van der Waals surface area contributed by atoms with Crippen LogP contribution in [0.15, 0.2) is 0 Å². The Bertz CT molecular complexity index is 423. The number of likely N-dealkylation sites (tertiary alicyclic amines) is 1. The molecule has 6 heteroatoms. The van der Waals surface area contributed by atoms with Crippen molar-refractivity contribution >= 4 is 11.9 Å². The van der Waals surface area contributed by atoms with E-state index in [0.717, 1.165) is 65.0 Å². The average Bonchev–Trinajstić information content (AvgIpc) is 3.35. The SMILES string of the molecule is O=C(O)C(C1CC1)N1CCN(CC(=O)N2CCCCCC2)CC1. The van der Waals surface area contributed by atoms with Gasteiger partial charge in [0.15, 0.2) is 0 Å². The molecule has 130 valence electrons. The number of rotatable bonds is 5. The first-order chi connectivity index (χ1) is 11.1. The van der Waals surface area contributed by atoms with E-state index in [1.807, 2.05) is 4.90 Å². The van der Waals surface area contributed by atoms with E-state index in [-0.39, 0.29) is 11.9 Å².